The number of carbonyl (C=O) groups excluding carboxylic acids is 1. The summed E-state index contributed by atoms with van der Waals surface area (Å²) in [5.41, 5.74) is 1.16. The van der Waals surface area contributed by atoms with Crippen molar-refractivity contribution in [1.82, 2.24) is 19.9 Å². The molecule has 0 unspecified atom stereocenters. The highest BCUT2D eigenvalue weighted by molar-refractivity contribution is 5.92. The van der Waals surface area contributed by atoms with Crippen LogP contribution in [0.2, 0.25) is 0 Å². The zero-order chi connectivity index (χ0) is 15.6. The molecule has 3 rings (SSSR count). The molecule has 3 heterocycles. The average molecular weight is 302 g/mol. The van der Waals surface area contributed by atoms with E-state index in [1.807, 2.05) is 0 Å². The highest BCUT2D eigenvalue weighted by Gasteiger charge is 2.31. The SMILES string of the molecule is CC(C)(CNC(=O)c1ccn2nccc2n1)C1CCOCC1. The predicted octanol–water partition coefficient (Wildman–Crippen LogP) is 1.91. The predicted molar refractivity (Wildman–Crippen MR) is 82.6 cm³/mol. The largest absolute Gasteiger partial charge is 0.381 e. The van der Waals surface area contributed by atoms with E-state index in [4.69, 9.17) is 4.74 Å². The van der Waals surface area contributed by atoms with E-state index < -0.39 is 0 Å². The maximum Gasteiger partial charge on any atom is 0.270 e. The summed E-state index contributed by atoms with van der Waals surface area (Å²) < 4.78 is 7.06. The number of hydrogen-bond acceptors (Lipinski definition) is 4. The molecule has 1 aliphatic heterocycles. The van der Waals surface area contributed by atoms with E-state index in [1.54, 1.807) is 29.0 Å². The molecule has 6 nitrogen and oxygen atoms in total. The summed E-state index contributed by atoms with van der Waals surface area (Å²) in [6.07, 6.45) is 5.53. The first-order valence-electron chi connectivity index (χ1n) is 7.72. The minimum Gasteiger partial charge on any atom is -0.381 e. The number of nitrogens with zero attached hydrogens (tertiary/aromatic N) is 3. The molecule has 1 saturated heterocycles. The third kappa shape index (κ3) is 3.11. The molecule has 0 spiro atoms. The lowest BCUT2D eigenvalue weighted by molar-refractivity contribution is 0.0227. The number of fused-ring (bicyclic) bond motifs is 1. The minimum absolute atomic E-state index is 0.0557. The fourth-order valence-corrected chi connectivity index (χ4v) is 2.96. The van der Waals surface area contributed by atoms with Crippen LogP contribution in [-0.2, 0) is 4.74 Å². The zero-order valence-corrected chi connectivity index (χ0v) is 13.1. The molecule has 22 heavy (non-hydrogen) atoms. The van der Waals surface area contributed by atoms with Crippen LogP contribution in [0.4, 0.5) is 0 Å². The summed E-state index contributed by atoms with van der Waals surface area (Å²) in [7, 11) is 0. The zero-order valence-electron chi connectivity index (χ0n) is 13.1. The van der Waals surface area contributed by atoms with Crippen molar-refractivity contribution in [2.45, 2.75) is 26.7 Å². The van der Waals surface area contributed by atoms with Gasteiger partial charge in [-0.2, -0.15) is 5.10 Å². The van der Waals surface area contributed by atoms with Crippen LogP contribution in [0.3, 0.4) is 0 Å². The third-order valence-electron chi connectivity index (χ3n) is 4.52. The molecule has 2 aromatic rings. The molecule has 118 valence electrons. The summed E-state index contributed by atoms with van der Waals surface area (Å²) in [5.74, 6) is 0.440. The quantitative estimate of drug-likeness (QED) is 0.937. The number of carbonyl (C=O) groups is 1. The van der Waals surface area contributed by atoms with Gasteiger partial charge < -0.3 is 10.1 Å². The van der Waals surface area contributed by atoms with Gasteiger partial charge in [-0.15, -0.1) is 0 Å². The Morgan fingerprint density at radius 2 is 2.18 bits per heavy atom. The number of nitrogens with one attached hydrogen (secondary N) is 1. The second-order valence-electron chi connectivity index (χ2n) is 6.50. The Hall–Kier alpha value is -1.95. The topological polar surface area (TPSA) is 68.5 Å². The van der Waals surface area contributed by atoms with Crippen LogP contribution >= 0.6 is 0 Å². The lowest BCUT2D eigenvalue weighted by Crippen LogP contribution is -2.40. The van der Waals surface area contributed by atoms with Gasteiger partial charge in [0.25, 0.3) is 5.91 Å². The van der Waals surface area contributed by atoms with Crippen LogP contribution in [0, 0.1) is 11.3 Å². The van der Waals surface area contributed by atoms with Crippen molar-refractivity contribution >= 4 is 11.6 Å². The van der Waals surface area contributed by atoms with Crippen molar-refractivity contribution in [1.29, 1.82) is 0 Å². The van der Waals surface area contributed by atoms with Crippen LogP contribution in [0.5, 0.6) is 0 Å². The van der Waals surface area contributed by atoms with E-state index in [2.05, 4.69) is 29.2 Å². The fraction of sp³-hybridized carbons (Fsp3) is 0.562. The van der Waals surface area contributed by atoms with Gasteiger partial charge in [0.05, 0.1) is 6.20 Å². The number of ether oxygens (including phenoxy) is 1. The molecule has 0 bridgehead atoms. The summed E-state index contributed by atoms with van der Waals surface area (Å²) in [5, 5.41) is 7.10. The fourth-order valence-electron chi connectivity index (χ4n) is 2.96. The average Bonchev–Trinajstić information content (AvgIpc) is 3.01. The Labute approximate surface area is 129 Å². The number of rotatable bonds is 4. The van der Waals surface area contributed by atoms with Crippen molar-refractivity contribution in [2.24, 2.45) is 11.3 Å². The molecule has 0 aliphatic carbocycles. The first kappa shape index (κ1) is 15.0. The molecule has 2 aromatic heterocycles. The van der Waals surface area contributed by atoms with Crippen LogP contribution in [0.1, 0.15) is 37.2 Å². The van der Waals surface area contributed by atoms with Crippen molar-refractivity contribution in [3.8, 4) is 0 Å². The van der Waals surface area contributed by atoms with E-state index in [9.17, 15) is 4.79 Å². The molecule has 1 amide bonds. The van der Waals surface area contributed by atoms with Gasteiger partial charge in [-0.1, -0.05) is 13.8 Å². The van der Waals surface area contributed by atoms with Crippen LogP contribution in [0.25, 0.3) is 5.65 Å². The third-order valence-corrected chi connectivity index (χ3v) is 4.52. The van der Waals surface area contributed by atoms with Gasteiger partial charge in [0.1, 0.15) is 5.69 Å². The molecule has 0 radical (unpaired) electrons. The second kappa shape index (κ2) is 6.04. The second-order valence-corrected chi connectivity index (χ2v) is 6.50. The van der Waals surface area contributed by atoms with E-state index in [0.29, 0.717) is 23.8 Å². The van der Waals surface area contributed by atoms with Crippen molar-refractivity contribution in [2.75, 3.05) is 19.8 Å². The van der Waals surface area contributed by atoms with Crippen molar-refractivity contribution in [3.63, 3.8) is 0 Å². The standard InChI is InChI=1S/C16H22N4O2/c1-16(2,12-5-9-22-10-6-12)11-17-15(21)13-4-8-20-14(19-13)3-7-18-20/h3-4,7-8,12H,5-6,9-11H2,1-2H3,(H,17,21). The number of amides is 1. The number of aromatic nitrogens is 3. The Kier molecular flexibility index (Phi) is 4.11. The lowest BCUT2D eigenvalue weighted by atomic mass is 9.74. The van der Waals surface area contributed by atoms with E-state index in [1.165, 1.54) is 0 Å². The molecular weight excluding hydrogens is 280 g/mol. The monoisotopic (exact) mass is 302 g/mol. The Bertz CT molecular complexity index is 659. The van der Waals surface area contributed by atoms with E-state index in [0.717, 1.165) is 26.1 Å². The Morgan fingerprint density at radius 1 is 1.41 bits per heavy atom. The summed E-state index contributed by atoms with van der Waals surface area (Å²) >= 11 is 0. The van der Waals surface area contributed by atoms with Gasteiger partial charge in [-0.3, -0.25) is 4.79 Å². The molecular formula is C16H22N4O2. The molecule has 0 saturated carbocycles. The van der Waals surface area contributed by atoms with Gasteiger partial charge in [0, 0.05) is 32.0 Å². The van der Waals surface area contributed by atoms with Gasteiger partial charge in [0.2, 0.25) is 0 Å². The smallest absolute Gasteiger partial charge is 0.270 e. The maximum absolute atomic E-state index is 12.3. The van der Waals surface area contributed by atoms with Crippen molar-refractivity contribution in [3.05, 3.63) is 30.2 Å². The normalized spacial score (nSPS) is 16.8. The van der Waals surface area contributed by atoms with Crippen LogP contribution < -0.4 is 5.32 Å². The van der Waals surface area contributed by atoms with Gasteiger partial charge in [-0.05, 0) is 30.2 Å². The maximum atomic E-state index is 12.3. The highest BCUT2D eigenvalue weighted by atomic mass is 16.5. The highest BCUT2D eigenvalue weighted by Crippen LogP contribution is 2.33. The lowest BCUT2D eigenvalue weighted by Gasteiger charge is -2.37. The van der Waals surface area contributed by atoms with Crippen LogP contribution in [-0.4, -0.2) is 40.3 Å². The first-order valence-corrected chi connectivity index (χ1v) is 7.72. The van der Waals surface area contributed by atoms with E-state index >= 15 is 0 Å². The number of hydrogen-bond donors (Lipinski definition) is 1. The molecule has 0 atom stereocenters. The molecule has 1 N–H and O–H groups in total. The Morgan fingerprint density at radius 3 is 2.95 bits per heavy atom. The van der Waals surface area contributed by atoms with Gasteiger partial charge in [-0.25, -0.2) is 9.50 Å². The first-order chi connectivity index (χ1) is 10.6. The summed E-state index contributed by atoms with van der Waals surface area (Å²) in [6, 6.07) is 3.47. The summed E-state index contributed by atoms with van der Waals surface area (Å²) in [6.45, 7) is 6.69. The molecule has 1 aliphatic rings. The van der Waals surface area contributed by atoms with Gasteiger partial charge in [0.15, 0.2) is 5.65 Å². The molecule has 0 aromatic carbocycles. The molecule has 6 heteroatoms. The minimum atomic E-state index is -0.135. The van der Waals surface area contributed by atoms with Gasteiger partial charge >= 0.3 is 0 Å². The summed E-state index contributed by atoms with van der Waals surface area (Å²) in [4.78, 5) is 16.6. The van der Waals surface area contributed by atoms with Crippen LogP contribution in [0.15, 0.2) is 24.5 Å². The van der Waals surface area contributed by atoms with E-state index in [-0.39, 0.29) is 11.3 Å². The Balaban J connectivity index is 1.63. The van der Waals surface area contributed by atoms with Crippen molar-refractivity contribution < 1.29 is 9.53 Å². The molecule has 1 fully saturated rings.